The summed E-state index contributed by atoms with van der Waals surface area (Å²) in [6.07, 6.45) is 3.55. The number of nitrogens with zero attached hydrogens (tertiary/aromatic N) is 4. The number of aromatic nitrogens is 3. The van der Waals surface area contributed by atoms with Crippen molar-refractivity contribution >= 4 is 32.0 Å². The van der Waals surface area contributed by atoms with E-state index in [1.807, 2.05) is 55.1 Å². The molecule has 1 saturated heterocycles. The molecule has 1 aliphatic heterocycles. The highest BCUT2D eigenvalue weighted by molar-refractivity contribution is 7.90. The van der Waals surface area contributed by atoms with E-state index in [1.165, 1.54) is 3.97 Å². The van der Waals surface area contributed by atoms with Gasteiger partial charge in [-0.3, -0.25) is 4.90 Å². The van der Waals surface area contributed by atoms with Gasteiger partial charge in [-0.15, -0.1) is 0 Å². The van der Waals surface area contributed by atoms with Crippen LogP contribution in [0.2, 0.25) is 0 Å². The molecule has 10 heteroatoms. The first-order valence-electron chi connectivity index (χ1n) is 13.3. The molecule has 0 amide bonds. The van der Waals surface area contributed by atoms with Gasteiger partial charge in [0.25, 0.3) is 10.0 Å². The van der Waals surface area contributed by atoms with Gasteiger partial charge < -0.3 is 18.8 Å². The Balaban J connectivity index is 1.45. The third-order valence-electron chi connectivity index (χ3n) is 7.40. The quantitative estimate of drug-likeness (QED) is 0.277. The Morgan fingerprint density at radius 3 is 2.55 bits per heavy atom. The van der Waals surface area contributed by atoms with Crippen LogP contribution in [0.3, 0.4) is 0 Å². The van der Waals surface area contributed by atoms with Gasteiger partial charge in [0, 0.05) is 61.5 Å². The van der Waals surface area contributed by atoms with Crippen LogP contribution < -0.4 is 9.47 Å². The zero-order valence-corrected chi connectivity index (χ0v) is 23.6. The molecule has 9 nitrogen and oxygen atoms in total. The number of ether oxygens (including phenoxy) is 3. The lowest BCUT2D eigenvalue weighted by molar-refractivity contribution is 0.0321. The Morgan fingerprint density at radius 1 is 1.02 bits per heavy atom. The van der Waals surface area contributed by atoms with Gasteiger partial charge >= 0.3 is 0 Å². The summed E-state index contributed by atoms with van der Waals surface area (Å²) < 4.78 is 48.7. The highest BCUT2D eigenvalue weighted by Gasteiger charge is 2.27. The van der Waals surface area contributed by atoms with Gasteiger partial charge in [-0.25, -0.2) is 17.4 Å². The monoisotopic (exact) mass is 560 g/mol. The van der Waals surface area contributed by atoms with Crippen LogP contribution in [0.1, 0.15) is 5.56 Å². The first-order valence-corrected chi connectivity index (χ1v) is 14.7. The zero-order chi connectivity index (χ0) is 27.9. The average Bonchev–Trinajstić information content (AvgIpc) is 3.51. The molecule has 1 aliphatic rings. The van der Waals surface area contributed by atoms with E-state index in [2.05, 4.69) is 9.88 Å². The molecule has 4 heterocycles. The maximum atomic E-state index is 14.0. The molecule has 0 saturated carbocycles. The van der Waals surface area contributed by atoms with Crippen LogP contribution in [-0.4, -0.2) is 73.4 Å². The summed E-state index contributed by atoms with van der Waals surface area (Å²) in [5, 5.41) is 1.59. The summed E-state index contributed by atoms with van der Waals surface area (Å²) in [6.45, 7) is 6.53. The average molecular weight is 561 g/mol. The molecule has 208 valence electrons. The van der Waals surface area contributed by atoms with E-state index in [0.717, 1.165) is 60.3 Å². The standard InChI is InChI=1S/C30H32N4O5S/c1-21-6-8-23(9-7-21)40(35,36)34-27(17-22-5-4-10-31-30(22)34)25-20-32(2)26-19-29(28(37-3)18-24(25)26)39-16-13-33-11-14-38-15-12-33/h4-10,17-20H,11-16H2,1-3H3. The fourth-order valence-corrected chi connectivity index (χ4v) is 6.71. The smallest absolute Gasteiger partial charge is 0.269 e. The van der Waals surface area contributed by atoms with E-state index in [9.17, 15) is 8.42 Å². The molecule has 2 aromatic carbocycles. The van der Waals surface area contributed by atoms with Gasteiger partial charge in [-0.05, 0) is 43.3 Å². The number of benzene rings is 2. The third-order valence-corrected chi connectivity index (χ3v) is 9.12. The van der Waals surface area contributed by atoms with E-state index in [0.29, 0.717) is 29.4 Å². The van der Waals surface area contributed by atoms with Crippen molar-refractivity contribution in [2.24, 2.45) is 7.05 Å². The summed E-state index contributed by atoms with van der Waals surface area (Å²) in [7, 11) is -0.396. The molecule has 0 bridgehead atoms. The number of morpholine rings is 1. The molecule has 0 radical (unpaired) electrons. The molecule has 0 N–H and O–H groups in total. The SMILES string of the molecule is COc1cc2c(-c3cc4cccnc4n3S(=O)(=O)c3ccc(C)cc3)cn(C)c2cc1OCCN1CCOCC1. The Labute approximate surface area is 233 Å². The van der Waals surface area contributed by atoms with E-state index in [-0.39, 0.29) is 4.90 Å². The Kier molecular flexibility index (Phi) is 6.99. The Morgan fingerprint density at radius 2 is 1.80 bits per heavy atom. The van der Waals surface area contributed by atoms with Crippen molar-refractivity contribution in [1.82, 2.24) is 18.4 Å². The molecule has 0 unspecified atom stereocenters. The van der Waals surface area contributed by atoms with Gasteiger partial charge in [-0.2, -0.15) is 0 Å². The summed E-state index contributed by atoms with van der Waals surface area (Å²) in [4.78, 5) is 6.98. The number of hydrogen-bond acceptors (Lipinski definition) is 7. The van der Waals surface area contributed by atoms with Gasteiger partial charge in [0.1, 0.15) is 6.61 Å². The van der Waals surface area contributed by atoms with Crippen molar-refractivity contribution in [3.8, 4) is 22.8 Å². The number of fused-ring (bicyclic) bond motifs is 2. The lowest BCUT2D eigenvalue weighted by Crippen LogP contribution is -2.38. The molecule has 3 aromatic heterocycles. The van der Waals surface area contributed by atoms with Gasteiger partial charge in [0.2, 0.25) is 0 Å². The van der Waals surface area contributed by atoms with Gasteiger partial charge in [-0.1, -0.05) is 17.7 Å². The second kappa shape index (κ2) is 10.6. The largest absolute Gasteiger partial charge is 0.493 e. The summed E-state index contributed by atoms with van der Waals surface area (Å²) in [5.41, 5.74) is 3.55. The van der Waals surface area contributed by atoms with Crippen LogP contribution in [0.15, 0.2) is 71.9 Å². The van der Waals surface area contributed by atoms with Crippen LogP contribution in [0.25, 0.3) is 33.2 Å². The summed E-state index contributed by atoms with van der Waals surface area (Å²) in [5.74, 6) is 1.23. The summed E-state index contributed by atoms with van der Waals surface area (Å²) >= 11 is 0. The topological polar surface area (TPSA) is 87.8 Å². The molecule has 1 fully saturated rings. The highest BCUT2D eigenvalue weighted by Crippen LogP contribution is 2.40. The minimum Gasteiger partial charge on any atom is -0.493 e. The van der Waals surface area contributed by atoms with E-state index >= 15 is 0 Å². The summed E-state index contributed by atoms with van der Waals surface area (Å²) in [6, 6.07) is 16.3. The second-order valence-corrected chi connectivity index (χ2v) is 11.8. The predicted octanol–water partition coefficient (Wildman–Crippen LogP) is 4.46. The zero-order valence-electron chi connectivity index (χ0n) is 22.8. The highest BCUT2D eigenvalue weighted by atomic mass is 32.2. The molecule has 5 aromatic rings. The molecular formula is C30H32N4O5S. The van der Waals surface area contributed by atoms with Crippen LogP contribution in [-0.2, 0) is 21.8 Å². The molecule has 40 heavy (non-hydrogen) atoms. The van der Waals surface area contributed by atoms with Gasteiger partial charge in [0.05, 0.1) is 36.4 Å². The van der Waals surface area contributed by atoms with Crippen LogP contribution in [0.5, 0.6) is 11.5 Å². The normalized spacial score (nSPS) is 14.7. The van der Waals surface area contributed by atoms with Crippen LogP contribution in [0, 0.1) is 6.92 Å². The number of rotatable bonds is 8. The van der Waals surface area contributed by atoms with Crippen molar-refractivity contribution in [3.05, 3.63) is 72.6 Å². The van der Waals surface area contributed by atoms with Crippen molar-refractivity contribution in [2.45, 2.75) is 11.8 Å². The van der Waals surface area contributed by atoms with Crippen molar-refractivity contribution in [1.29, 1.82) is 0 Å². The minimum atomic E-state index is -3.95. The maximum Gasteiger partial charge on any atom is 0.269 e. The lowest BCUT2D eigenvalue weighted by Gasteiger charge is -2.26. The minimum absolute atomic E-state index is 0.205. The number of hydrogen-bond donors (Lipinski definition) is 0. The lowest BCUT2D eigenvalue weighted by atomic mass is 10.1. The van der Waals surface area contributed by atoms with Crippen LogP contribution >= 0.6 is 0 Å². The maximum absolute atomic E-state index is 14.0. The van der Waals surface area contributed by atoms with E-state index in [4.69, 9.17) is 14.2 Å². The Bertz CT molecular complexity index is 1780. The van der Waals surface area contributed by atoms with Gasteiger partial charge in [0.15, 0.2) is 17.1 Å². The van der Waals surface area contributed by atoms with Crippen molar-refractivity contribution < 1.29 is 22.6 Å². The molecule has 0 aliphatic carbocycles. The second-order valence-electron chi connectivity index (χ2n) is 10.0. The molecule has 0 spiro atoms. The Hall–Kier alpha value is -3.86. The first kappa shape index (κ1) is 26.4. The third kappa shape index (κ3) is 4.72. The van der Waals surface area contributed by atoms with E-state index < -0.39 is 10.0 Å². The number of methoxy groups -OCH3 is 1. The predicted molar refractivity (Wildman–Crippen MR) is 155 cm³/mol. The fourth-order valence-electron chi connectivity index (χ4n) is 5.23. The first-order chi connectivity index (χ1) is 19.4. The number of pyridine rings is 1. The molecule has 6 rings (SSSR count). The number of aryl methyl sites for hydroxylation is 2. The fraction of sp³-hybridized carbons (Fsp3) is 0.300. The molecule has 0 atom stereocenters. The van der Waals surface area contributed by atoms with Crippen molar-refractivity contribution in [2.75, 3.05) is 46.6 Å². The van der Waals surface area contributed by atoms with E-state index in [1.54, 1.807) is 37.6 Å². The van der Waals surface area contributed by atoms with Crippen LogP contribution in [0.4, 0.5) is 0 Å². The van der Waals surface area contributed by atoms with Crippen molar-refractivity contribution in [3.63, 3.8) is 0 Å². The molecular weight excluding hydrogens is 528 g/mol.